The lowest BCUT2D eigenvalue weighted by atomic mass is 10.0. The van der Waals surface area contributed by atoms with Crippen molar-refractivity contribution in [3.63, 3.8) is 0 Å². The average Bonchev–Trinajstić information content (AvgIpc) is 2.42. The molecule has 0 fully saturated rings. The molecule has 0 radical (unpaired) electrons. The molecule has 2 aromatic rings. The van der Waals surface area contributed by atoms with Gasteiger partial charge in [0.15, 0.2) is 0 Å². The van der Waals surface area contributed by atoms with Crippen LogP contribution in [-0.4, -0.2) is 25.1 Å². The van der Waals surface area contributed by atoms with E-state index in [2.05, 4.69) is 0 Å². The first-order chi connectivity index (χ1) is 9.88. The minimum atomic E-state index is -0.595. The van der Waals surface area contributed by atoms with E-state index in [0.29, 0.717) is 21.2 Å². The van der Waals surface area contributed by atoms with Crippen LogP contribution in [0.5, 0.6) is 5.75 Å². The topological polar surface area (TPSA) is 29.5 Å². The molecule has 0 unspecified atom stereocenters. The Hall–Kier alpha value is -1.78. The highest BCUT2D eigenvalue weighted by Gasteiger charge is 2.14. The Morgan fingerprint density at radius 2 is 1.81 bits per heavy atom. The lowest BCUT2D eigenvalue weighted by molar-refractivity contribution is 0.172. The second-order valence-electron chi connectivity index (χ2n) is 4.53. The summed E-state index contributed by atoms with van der Waals surface area (Å²) in [6.07, 6.45) is -0.595. The largest absolute Gasteiger partial charge is 0.414 e. The molecule has 3 nitrogen and oxygen atoms in total. The van der Waals surface area contributed by atoms with Crippen LogP contribution in [0.25, 0.3) is 11.1 Å². The number of nitrogens with zero attached hydrogens (tertiary/aromatic N) is 1. The van der Waals surface area contributed by atoms with Gasteiger partial charge in [-0.15, -0.1) is 0 Å². The molecule has 2 rings (SSSR count). The van der Waals surface area contributed by atoms with Crippen LogP contribution in [-0.2, 0) is 0 Å². The van der Waals surface area contributed by atoms with Crippen LogP contribution in [0.1, 0.15) is 0 Å². The molecule has 0 aliphatic rings. The maximum absolute atomic E-state index is 13.4. The van der Waals surface area contributed by atoms with Crippen molar-refractivity contribution in [1.29, 1.82) is 0 Å². The quantitative estimate of drug-likeness (QED) is 0.788. The molecule has 0 bridgehead atoms. The number of benzene rings is 2. The highest BCUT2D eigenvalue weighted by molar-refractivity contribution is 6.42. The minimum Gasteiger partial charge on any atom is -0.409 e. The molecular weight excluding hydrogens is 316 g/mol. The van der Waals surface area contributed by atoms with E-state index in [-0.39, 0.29) is 5.75 Å². The zero-order valence-corrected chi connectivity index (χ0v) is 12.9. The van der Waals surface area contributed by atoms with Gasteiger partial charge in [0.05, 0.1) is 10.0 Å². The van der Waals surface area contributed by atoms with Crippen LogP contribution < -0.4 is 4.74 Å². The van der Waals surface area contributed by atoms with Gasteiger partial charge in [-0.1, -0.05) is 29.3 Å². The van der Waals surface area contributed by atoms with Gasteiger partial charge < -0.3 is 9.64 Å². The van der Waals surface area contributed by atoms with E-state index < -0.39 is 11.9 Å². The highest BCUT2D eigenvalue weighted by atomic mass is 35.5. The molecule has 0 atom stereocenters. The Balaban J connectivity index is 2.47. The van der Waals surface area contributed by atoms with Gasteiger partial charge in [0.1, 0.15) is 11.6 Å². The molecule has 0 saturated heterocycles. The fourth-order valence-electron chi connectivity index (χ4n) is 1.67. The van der Waals surface area contributed by atoms with Gasteiger partial charge in [-0.05, 0) is 29.8 Å². The number of amides is 1. The first-order valence-corrected chi connectivity index (χ1v) is 6.78. The van der Waals surface area contributed by atoms with Crippen LogP contribution in [0.3, 0.4) is 0 Å². The Morgan fingerprint density at radius 1 is 1.10 bits per heavy atom. The molecule has 2 aromatic carbocycles. The van der Waals surface area contributed by atoms with Gasteiger partial charge in [-0.3, -0.25) is 0 Å². The number of rotatable bonds is 2. The Kier molecular flexibility index (Phi) is 4.70. The van der Waals surface area contributed by atoms with Gasteiger partial charge >= 0.3 is 6.09 Å². The molecule has 0 spiro atoms. The molecule has 1 amide bonds. The number of hydrogen-bond donors (Lipinski definition) is 0. The number of halogens is 3. The smallest absolute Gasteiger partial charge is 0.409 e. The maximum Gasteiger partial charge on any atom is 0.414 e. The third kappa shape index (κ3) is 3.65. The molecule has 0 saturated carbocycles. The normalized spacial score (nSPS) is 10.3. The first kappa shape index (κ1) is 15.6. The summed E-state index contributed by atoms with van der Waals surface area (Å²) >= 11 is 11.9. The van der Waals surface area contributed by atoms with E-state index in [1.54, 1.807) is 32.3 Å². The summed E-state index contributed by atoms with van der Waals surface area (Å²) < 4.78 is 18.6. The van der Waals surface area contributed by atoms with Crippen molar-refractivity contribution in [2.75, 3.05) is 14.1 Å². The SMILES string of the molecule is CN(C)C(=O)Oc1cc(F)ccc1-c1ccc(Cl)c(Cl)c1. The van der Waals surface area contributed by atoms with E-state index in [1.807, 2.05) is 0 Å². The highest BCUT2D eigenvalue weighted by Crippen LogP contribution is 2.34. The summed E-state index contributed by atoms with van der Waals surface area (Å²) in [6.45, 7) is 0. The predicted molar refractivity (Wildman–Crippen MR) is 81.6 cm³/mol. The van der Waals surface area contributed by atoms with Crippen LogP contribution >= 0.6 is 23.2 Å². The van der Waals surface area contributed by atoms with Gasteiger partial charge in [-0.2, -0.15) is 0 Å². The number of ether oxygens (including phenoxy) is 1. The zero-order valence-electron chi connectivity index (χ0n) is 11.4. The Labute approximate surface area is 131 Å². The van der Waals surface area contributed by atoms with Crippen molar-refractivity contribution in [2.45, 2.75) is 0 Å². The monoisotopic (exact) mass is 327 g/mol. The molecule has 0 aromatic heterocycles. The van der Waals surface area contributed by atoms with Crippen LogP contribution in [0.2, 0.25) is 10.0 Å². The average molecular weight is 328 g/mol. The van der Waals surface area contributed by atoms with Crippen molar-refractivity contribution >= 4 is 29.3 Å². The Morgan fingerprint density at radius 3 is 2.43 bits per heavy atom. The molecule has 0 N–H and O–H groups in total. The van der Waals surface area contributed by atoms with Crippen LogP contribution in [0.4, 0.5) is 9.18 Å². The number of hydrogen-bond acceptors (Lipinski definition) is 2. The molecule has 0 heterocycles. The van der Waals surface area contributed by atoms with Gasteiger partial charge in [-0.25, -0.2) is 9.18 Å². The van der Waals surface area contributed by atoms with Crippen molar-refractivity contribution in [3.05, 3.63) is 52.3 Å². The van der Waals surface area contributed by atoms with E-state index in [4.69, 9.17) is 27.9 Å². The Bertz CT molecular complexity index is 689. The second kappa shape index (κ2) is 6.33. The minimum absolute atomic E-state index is 0.118. The fourth-order valence-corrected chi connectivity index (χ4v) is 1.97. The summed E-state index contributed by atoms with van der Waals surface area (Å²) in [7, 11) is 3.08. The summed E-state index contributed by atoms with van der Waals surface area (Å²) in [4.78, 5) is 12.9. The molecular formula is C15H12Cl2FNO2. The summed E-state index contributed by atoms with van der Waals surface area (Å²) in [5, 5.41) is 0.776. The first-order valence-electron chi connectivity index (χ1n) is 6.02. The van der Waals surface area contributed by atoms with Crippen molar-refractivity contribution in [1.82, 2.24) is 4.90 Å². The molecule has 0 aliphatic carbocycles. The van der Waals surface area contributed by atoms with Crippen molar-refractivity contribution < 1.29 is 13.9 Å². The van der Waals surface area contributed by atoms with Gasteiger partial charge in [0, 0.05) is 25.7 Å². The molecule has 0 aliphatic heterocycles. The van der Waals surface area contributed by atoms with E-state index in [1.165, 1.54) is 17.0 Å². The van der Waals surface area contributed by atoms with E-state index >= 15 is 0 Å². The lowest BCUT2D eigenvalue weighted by Crippen LogP contribution is -2.25. The van der Waals surface area contributed by atoms with Crippen molar-refractivity contribution in [2.24, 2.45) is 0 Å². The molecule has 21 heavy (non-hydrogen) atoms. The molecule has 110 valence electrons. The maximum atomic E-state index is 13.4. The second-order valence-corrected chi connectivity index (χ2v) is 5.35. The summed E-state index contributed by atoms with van der Waals surface area (Å²) in [5.74, 6) is -0.382. The third-order valence-corrected chi connectivity index (χ3v) is 3.48. The summed E-state index contributed by atoms with van der Waals surface area (Å²) in [5.41, 5.74) is 1.22. The fraction of sp³-hybridized carbons (Fsp3) is 0.133. The third-order valence-electron chi connectivity index (χ3n) is 2.74. The lowest BCUT2D eigenvalue weighted by Gasteiger charge is -2.14. The predicted octanol–water partition coefficient (Wildman–Crippen LogP) is 4.86. The van der Waals surface area contributed by atoms with Gasteiger partial charge in [0.25, 0.3) is 0 Å². The van der Waals surface area contributed by atoms with Crippen LogP contribution in [0, 0.1) is 5.82 Å². The van der Waals surface area contributed by atoms with Gasteiger partial charge in [0.2, 0.25) is 0 Å². The van der Waals surface area contributed by atoms with E-state index in [0.717, 1.165) is 6.07 Å². The summed E-state index contributed by atoms with van der Waals surface area (Å²) in [6, 6.07) is 8.93. The standard InChI is InChI=1S/C15H12Cl2FNO2/c1-19(2)15(20)21-14-8-10(18)4-5-11(14)9-3-6-12(16)13(17)7-9/h3-8H,1-2H3. The van der Waals surface area contributed by atoms with Crippen LogP contribution in [0.15, 0.2) is 36.4 Å². The number of carbonyl (C=O) groups is 1. The zero-order chi connectivity index (χ0) is 15.6. The number of carbonyl (C=O) groups excluding carboxylic acids is 1. The van der Waals surface area contributed by atoms with Crippen molar-refractivity contribution in [3.8, 4) is 16.9 Å². The molecule has 6 heteroatoms. The van der Waals surface area contributed by atoms with E-state index in [9.17, 15) is 9.18 Å².